The number of rotatable bonds is 4. The minimum absolute atomic E-state index is 0. The van der Waals surface area contributed by atoms with Crippen LogP contribution in [0.1, 0.15) is 43.4 Å². The van der Waals surface area contributed by atoms with E-state index in [1.807, 2.05) is 36.1 Å². The lowest BCUT2D eigenvalue weighted by Gasteiger charge is -2.23. The van der Waals surface area contributed by atoms with Gasteiger partial charge < -0.3 is 16.0 Å². The molecule has 2 aliphatic rings. The van der Waals surface area contributed by atoms with Gasteiger partial charge in [-0.2, -0.15) is 0 Å². The van der Waals surface area contributed by atoms with E-state index in [9.17, 15) is 9.59 Å². The van der Waals surface area contributed by atoms with Crippen LogP contribution in [0, 0.1) is 18.8 Å². The Morgan fingerprint density at radius 2 is 1.92 bits per heavy atom. The van der Waals surface area contributed by atoms with Crippen LogP contribution in [0.3, 0.4) is 0 Å². The highest BCUT2D eigenvalue weighted by Crippen LogP contribution is 2.37. The summed E-state index contributed by atoms with van der Waals surface area (Å²) in [6.45, 7) is 5.10. The summed E-state index contributed by atoms with van der Waals surface area (Å²) >= 11 is 0. The van der Waals surface area contributed by atoms with E-state index in [1.165, 1.54) is 6.92 Å². The standard InChI is InChI=1S/C19H27N3O2.ClH/c1-12-3-5-14(6-4-12)18(21-13(2)23)9-19(24)22-10-15-7-8-17(20)16(15)11-22;/h3-6,15-18H,7-11,20H2,1-2H3,(H,21,23);1H. The van der Waals surface area contributed by atoms with E-state index in [0.717, 1.165) is 37.1 Å². The minimum Gasteiger partial charge on any atom is -0.349 e. The molecule has 1 aliphatic carbocycles. The highest BCUT2D eigenvalue weighted by molar-refractivity contribution is 5.85. The lowest BCUT2D eigenvalue weighted by molar-refractivity contribution is -0.131. The van der Waals surface area contributed by atoms with Crippen molar-refractivity contribution in [3.63, 3.8) is 0 Å². The lowest BCUT2D eigenvalue weighted by atomic mass is 9.98. The van der Waals surface area contributed by atoms with E-state index in [0.29, 0.717) is 18.3 Å². The van der Waals surface area contributed by atoms with E-state index >= 15 is 0 Å². The fraction of sp³-hybridized carbons (Fsp3) is 0.579. The number of nitrogens with two attached hydrogens (primary N) is 1. The molecule has 2 amide bonds. The molecule has 1 saturated carbocycles. The van der Waals surface area contributed by atoms with Crippen LogP contribution in [-0.4, -0.2) is 35.8 Å². The first-order chi connectivity index (χ1) is 11.4. The van der Waals surface area contributed by atoms with E-state index < -0.39 is 0 Å². The molecule has 0 spiro atoms. The van der Waals surface area contributed by atoms with E-state index in [2.05, 4.69) is 5.32 Å². The number of nitrogens with one attached hydrogen (secondary N) is 1. The Kier molecular flexibility index (Phi) is 6.47. The molecule has 5 nitrogen and oxygen atoms in total. The van der Waals surface area contributed by atoms with Gasteiger partial charge in [0.2, 0.25) is 11.8 Å². The van der Waals surface area contributed by atoms with Crippen molar-refractivity contribution in [2.45, 2.75) is 45.2 Å². The third-order valence-corrected chi connectivity index (χ3v) is 5.50. The third-order valence-electron chi connectivity index (χ3n) is 5.50. The fourth-order valence-electron chi connectivity index (χ4n) is 4.11. The maximum atomic E-state index is 12.7. The Labute approximate surface area is 155 Å². The first-order valence-corrected chi connectivity index (χ1v) is 8.81. The van der Waals surface area contributed by atoms with Crippen molar-refractivity contribution in [3.8, 4) is 0 Å². The second-order valence-corrected chi connectivity index (χ2v) is 7.33. The number of carbonyl (C=O) groups excluding carboxylic acids is 2. The predicted molar refractivity (Wildman–Crippen MR) is 100 cm³/mol. The third kappa shape index (κ3) is 4.53. The number of fused-ring (bicyclic) bond motifs is 1. The zero-order valence-corrected chi connectivity index (χ0v) is 15.7. The second-order valence-electron chi connectivity index (χ2n) is 7.33. The van der Waals surface area contributed by atoms with Crippen LogP contribution in [0.2, 0.25) is 0 Å². The summed E-state index contributed by atoms with van der Waals surface area (Å²) in [5, 5.41) is 2.92. The van der Waals surface area contributed by atoms with Crippen molar-refractivity contribution in [2.75, 3.05) is 13.1 Å². The molecule has 1 aromatic carbocycles. The van der Waals surface area contributed by atoms with Crippen LogP contribution in [0.25, 0.3) is 0 Å². The highest BCUT2D eigenvalue weighted by atomic mass is 35.5. The van der Waals surface area contributed by atoms with Gasteiger partial charge in [0.25, 0.3) is 0 Å². The molecule has 1 aromatic rings. The number of benzene rings is 1. The molecule has 1 heterocycles. The van der Waals surface area contributed by atoms with Gasteiger partial charge in [-0.1, -0.05) is 29.8 Å². The molecule has 3 N–H and O–H groups in total. The minimum atomic E-state index is -0.273. The summed E-state index contributed by atoms with van der Waals surface area (Å²) in [7, 11) is 0. The average molecular weight is 366 g/mol. The van der Waals surface area contributed by atoms with Crippen LogP contribution in [0.15, 0.2) is 24.3 Å². The van der Waals surface area contributed by atoms with Gasteiger partial charge in [-0.05, 0) is 37.2 Å². The number of halogens is 1. The quantitative estimate of drug-likeness (QED) is 0.858. The molecule has 6 heteroatoms. The van der Waals surface area contributed by atoms with Gasteiger partial charge in [-0.15, -0.1) is 12.4 Å². The fourth-order valence-corrected chi connectivity index (χ4v) is 4.11. The molecular formula is C19H28ClN3O2. The van der Waals surface area contributed by atoms with Crippen LogP contribution >= 0.6 is 12.4 Å². The molecule has 1 saturated heterocycles. The van der Waals surface area contributed by atoms with Crippen molar-refractivity contribution in [1.82, 2.24) is 10.2 Å². The predicted octanol–water partition coefficient (Wildman–Crippen LogP) is 2.18. The first kappa shape index (κ1) is 19.7. The monoisotopic (exact) mass is 365 g/mol. The smallest absolute Gasteiger partial charge is 0.225 e. The largest absolute Gasteiger partial charge is 0.349 e. The first-order valence-electron chi connectivity index (χ1n) is 8.81. The Balaban J connectivity index is 0.00000225. The molecule has 1 aliphatic heterocycles. The molecule has 0 aromatic heterocycles. The van der Waals surface area contributed by atoms with Gasteiger partial charge in [-0.3, -0.25) is 9.59 Å². The summed E-state index contributed by atoms with van der Waals surface area (Å²) in [5.74, 6) is 1.000. The molecule has 0 bridgehead atoms. The van der Waals surface area contributed by atoms with Gasteiger partial charge in [-0.25, -0.2) is 0 Å². The second kappa shape index (κ2) is 8.19. The number of hydrogen-bond acceptors (Lipinski definition) is 3. The maximum Gasteiger partial charge on any atom is 0.225 e. The molecule has 2 fully saturated rings. The lowest BCUT2D eigenvalue weighted by Crippen LogP contribution is -2.36. The van der Waals surface area contributed by atoms with Crippen molar-refractivity contribution < 1.29 is 9.59 Å². The van der Waals surface area contributed by atoms with E-state index in [4.69, 9.17) is 5.73 Å². The Morgan fingerprint density at radius 3 is 2.52 bits per heavy atom. The van der Waals surface area contributed by atoms with Gasteiger partial charge >= 0.3 is 0 Å². The zero-order chi connectivity index (χ0) is 17.3. The maximum absolute atomic E-state index is 12.7. The van der Waals surface area contributed by atoms with Crippen molar-refractivity contribution in [3.05, 3.63) is 35.4 Å². The number of hydrogen-bond donors (Lipinski definition) is 2. The summed E-state index contributed by atoms with van der Waals surface area (Å²) in [5.41, 5.74) is 8.29. The Bertz CT molecular complexity index is 620. The SMILES string of the molecule is CC(=O)NC(CC(=O)N1CC2CCC(N)C2C1)c1ccc(C)cc1.Cl. The Hall–Kier alpha value is -1.59. The van der Waals surface area contributed by atoms with Crippen LogP contribution in [-0.2, 0) is 9.59 Å². The summed E-state index contributed by atoms with van der Waals surface area (Å²) in [6.07, 6.45) is 2.51. The molecule has 138 valence electrons. The number of likely N-dealkylation sites (tertiary alicyclic amines) is 1. The number of aryl methyl sites for hydroxylation is 1. The molecule has 3 rings (SSSR count). The van der Waals surface area contributed by atoms with Crippen LogP contribution in [0.4, 0.5) is 0 Å². The van der Waals surface area contributed by atoms with Crippen LogP contribution in [0.5, 0.6) is 0 Å². The van der Waals surface area contributed by atoms with E-state index in [-0.39, 0.29) is 36.3 Å². The van der Waals surface area contributed by atoms with Crippen LogP contribution < -0.4 is 11.1 Å². The summed E-state index contributed by atoms with van der Waals surface area (Å²) in [6, 6.07) is 7.94. The molecule has 4 atom stereocenters. The number of nitrogens with zero attached hydrogens (tertiary/aromatic N) is 1. The van der Waals surface area contributed by atoms with Gasteiger partial charge in [0.15, 0.2) is 0 Å². The topological polar surface area (TPSA) is 75.4 Å². The Morgan fingerprint density at radius 1 is 1.24 bits per heavy atom. The summed E-state index contributed by atoms with van der Waals surface area (Å²) in [4.78, 5) is 26.2. The van der Waals surface area contributed by atoms with Crippen molar-refractivity contribution in [1.29, 1.82) is 0 Å². The molecule has 4 unspecified atom stereocenters. The van der Waals surface area contributed by atoms with Crippen molar-refractivity contribution >= 4 is 24.2 Å². The van der Waals surface area contributed by atoms with Gasteiger partial charge in [0.05, 0.1) is 12.5 Å². The zero-order valence-electron chi connectivity index (χ0n) is 14.9. The summed E-state index contributed by atoms with van der Waals surface area (Å²) < 4.78 is 0. The highest BCUT2D eigenvalue weighted by Gasteiger charge is 2.42. The number of carbonyl (C=O) groups is 2. The van der Waals surface area contributed by atoms with Gasteiger partial charge in [0, 0.05) is 26.1 Å². The van der Waals surface area contributed by atoms with E-state index in [1.54, 1.807) is 0 Å². The molecule has 25 heavy (non-hydrogen) atoms. The molecular weight excluding hydrogens is 338 g/mol. The molecule has 0 radical (unpaired) electrons. The average Bonchev–Trinajstić information content (AvgIpc) is 3.09. The van der Waals surface area contributed by atoms with Crippen molar-refractivity contribution in [2.24, 2.45) is 17.6 Å². The normalized spacial score (nSPS) is 25.9. The number of amides is 2. The van der Waals surface area contributed by atoms with Gasteiger partial charge in [0.1, 0.15) is 0 Å².